The van der Waals surface area contributed by atoms with Gasteiger partial charge in [0, 0.05) is 39.8 Å². The minimum Gasteiger partial charge on any atom is -0.377 e. The quantitative estimate of drug-likeness (QED) is 0.427. The van der Waals surface area contributed by atoms with Gasteiger partial charge in [-0.1, -0.05) is 35.5 Å². The van der Waals surface area contributed by atoms with Crippen LogP contribution in [-0.4, -0.2) is 11.9 Å². The van der Waals surface area contributed by atoms with Gasteiger partial charge < -0.3 is 4.90 Å². The third-order valence-corrected chi connectivity index (χ3v) is 2.82. The Kier molecular flexibility index (Phi) is 5.38. The molecule has 1 aromatic rings. The SMILES string of the molecule is C#CC1=C[C-]=C(c2cc(F)c(F)c(F)c2)N(C)C1=C.[Y]. The fraction of sp³-hybridized carbons (Fsp3) is 0.0667. The zero-order valence-corrected chi connectivity index (χ0v) is 13.5. The zero-order chi connectivity index (χ0) is 14.2. The zero-order valence-electron chi connectivity index (χ0n) is 10.7. The first-order valence-corrected chi connectivity index (χ1v) is 5.34. The molecule has 0 fully saturated rings. The van der Waals surface area contributed by atoms with E-state index in [4.69, 9.17) is 6.42 Å². The molecule has 1 aliphatic rings. The van der Waals surface area contributed by atoms with Crippen LogP contribution in [0, 0.1) is 35.9 Å². The maximum atomic E-state index is 13.2. The molecule has 5 heteroatoms. The maximum absolute atomic E-state index is 13.2. The van der Waals surface area contributed by atoms with E-state index in [1.807, 2.05) is 0 Å². The summed E-state index contributed by atoms with van der Waals surface area (Å²) in [7, 11) is 1.63. The number of hydrogen-bond donors (Lipinski definition) is 0. The van der Waals surface area contributed by atoms with Crippen molar-refractivity contribution in [3.63, 3.8) is 0 Å². The van der Waals surface area contributed by atoms with Crippen LogP contribution in [0.5, 0.6) is 0 Å². The first kappa shape index (κ1) is 16.7. The third kappa shape index (κ3) is 2.89. The Morgan fingerprint density at radius 3 is 2.30 bits per heavy atom. The van der Waals surface area contributed by atoms with Crippen LogP contribution >= 0.6 is 0 Å². The van der Waals surface area contributed by atoms with Crippen LogP contribution in [0.25, 0.3) is 5.70 Å². The van der Waals surface area contributed by atoms with Gasteiger partial charge in [-0.3, -0.25) is 0 Å². The fourth-order valence-electron chi connectivity index (χ4n) is 1.73. The van der Waals surface area contributed by atoms with Gasteiger partial charge in [-0.15, -0.1) is 12.3 Å². The van der Waals surface area contributed by atoms with E-state index in [9.17, 15) is 13.2 Å². The summed E-state index contributed by atoms with van der Waals surface area (Å²) in [6.07, 6.45) is 9.59. The Morgan fingerprint density at radius 2 is 1.80 bits per heavy atom. The molecular weight excluding hydrogens is 340 g/mol. The van der Waals surface area contributed by atoms with Gasteiger partial charge in [0.25, 0.3) is 0 Å². The van der Waals surface area contributed by atoms with Crippen LogP contribution in [0.15, 0.2) is 36.1 Å². The van der Waals surface area contributed by atoms with Crippen molar-refractivity contribution in [1.29, 1.82) is 0 Å². The van der Waals surface area contributed by atoms with E-state index in [0.29, 0.717) is 17.0 Å². The largest absolute Gasteiger partial charge is 0.377 e. The van der Waals surface area contributed by atoms with Crippen LogP contribution < -0.4 is 0 Å². The second-order valence-electron chi connectivity index (χ2n) is 3.95. The number of likely N-dealkylation sites (N-methyl/N-ethyl adjacent to an activating group) is 1. The van der Waals surface area contributed by atoms with Gasteiger partial charge in [0.05, 0.1) is 0 Å². The van der Waals surface area contributed by atoms with Crippen molar-refractivity contribution in [3.05, 3.63) is 65.1 Å². The first-order chi connectivity index (χ1) is 8.95. The second kappa shape index (κ2) is 6.43. The molecule has 0 spiro atoms. The summed E-state index contributed by atoms with van der Waals surface area (Å²) >= 11 is 0. The standard InChI is InChI=1S/C15H9F3N.Y/c1-4-10-5-6-14(19(3)9(10)2)11-7-12(16)15(18)13(17)8-11;/h1,5,7-8H,2H2,3H3;/q-1;. The van der Waals surface area contributed by atoms with Gasteiger partial charge in [-0.05, 0) is 5.70 Å². The number of terminal acetylenes is 1. The summed E-state index contributed by atoms with van der Waals surface area (Å²) in [5.74, 6) is -1.58. The van der Waals surface area contributed by atoms with E-state index >= 15 is 0 Å². The van der Waals surface area contributed by atoms with Gasteiger partial charge in [-0.25, -0.2) is 13.2 Å². The number of rotatable bonds is 1. The van der Waals surface area contributed by atoms with Gasteiger partial charge in [0.2, 0.25) is 0 Å². The molecule has 1 nitrogen and oxygen atoms in total. The molecule has 20 heavy (non-hydrogen) atoms. The maximum Gasteiger partial charge on any atom is 0.192 e. The van der Waals surface area contributed by atoms with Crippen LogP contribution in [-0.2, 0) is 32.7 Å². The van der Waals surface area contributed by atoms with Crippen LogP contribution in [0.2, 0.25) is 0 Å². The summed E-state index contributed by atoms with van der Waals surface area (Å²) in [6, 6.07) is 1.80. The van der Waals surface area contributed by atoms with E-state index in [1.165, 1.54) is 6.08 Å². The molecule has 0 saturated carbocycles. The Bertz CT molecular complexity index is 645. The van der Waals surface area contributed by atoms with Crippen molar-refractivity contribution in [2.75, 3.05) is 7.05 Å². The molecule has 1 radical (unpaired) electrons. The average Bonchev–Trinajstić information content (AvgIpc) is 2.38. The molecule has 0 aromatic heterocycles. The summed E-state index contributed by atoms with van der Waals surface area (Å²) in [6.45, 7) is 3.78. The van der Waals surface area contributed by atoms with E-state index < -0.39 is 17.5 Å². The van der Waals surface area contributed by atoms with Gasteiger partial charge in [-0.2, -0.15) is 12.2 Å². The van der Waals surface area contributed by atoms with Gasteiger partial charge in [0.15, 0.2) is 17.5 Å². The summed E-state index contributed by atoms with van der Waals surface area (Å²) in [5, 5.41) is 0. The van der Waals surface area contributed by atoms with Crippen LogP contribution in [0.4, 0.5) is 13.2 Å². The topological polar surface area (TPSA) is 3.24 Å². The molecular formula is C15H9F3NY-. The monoisotopic (exact) mass is 349 g/mol. The predicted molar refractivity (Wildman–Crippen MR) is 66.8 cm³/mol. The van der Waals surface area contributed by atoms with Gasteiger partial charge >= 0.3 is 0 Å². The molecule has 2 rings (SSSR count). The molecule has 1 aliphatic heterocycles. The predicted octanol–water partition coefficient (Wildman–Crippen LogP) is 3.26. The van der Waals surface area contributed by atoms with Gasteiger partial charge in [0.1, 0.15) is 0 Å². The Labute approximate surface area is 140 Å². The van der Waals surface area contributed by atoms with Crippen LogP contribution in [0.3, 0.4) is 0 Å². The van der Waals surface area contributed by atoms with Crippen molar-refractivity contribution in [2.45, 2.75) is 0 Å². The molecule has 1 aromatic carbocycles. The molecule has 0 aliphatic carbocycles. The summed E-state index contributed by atoms with van der Waals surface area (Å²) < 4.78 is 39.4. The van der Waals surface area contributed by atoms with E-state index in [-0.39, 0.29) is 38.3 Å². The molecule has 0 amide bonds. The number of allylic oxidation sites excluding steroid dienone is 3. The number of halogens is 3. The third-order valence-electron chi connectivity index (χ3n) is 2.82. The summed E-state index contributed by atoms with van der Waals surface area (Å²) in [4.78, 5) is 1.54. The average molecular weight is 349 g/mol. The van der Waals surface area contributed by atoms with Crippen molar-refractivity contribution in [3.8, 4) is 12.3 Å². The molecule has 99 valence electrons. The van der Waals surface area contributed by atoms with E-state index in [1.54, 1.807) is 11.9 Å². The molecule has 0 unspecified atom stereocenters. The van der Waals surface area contributed by atoms with Crippen molar-refractivity contribution < 1.29 is 45.9 Å². The summed E-state index contributed by atoms with van der Waals surface area (Å²) in [5.41, 5.74) is 1.55. The number of hydrogen-bond acceptors (Lipinski definition) is 1. The normalized spacial score (nSPS) is 14.2. The molecule has 0 bridgehead atoms. The Balaban J connectivity index is 0.00000200. The van der Waals surface area contributed by atoms with Crippen molar-refractivity contribution >= 4 is 5.70 Å². The number of benzene rings is 1. The molecule has 1 heterocycles. The molecule has 0 saturated heterocycles. The Hall–Kier alpha value is -1.31. The molecule has 0 N–H and O–H groups in total. The molecule has 0 atom stereocenters. The Morgan fingerprint density at radius 1 is 1.25 bits per heavy atom. The van der Waals surface area contributed by atoms with E-state index in [2.05, 4.69) is 18.6 Å². The number of nitrogens with zero attached hydrogens (tertiary/aromatic N) is 1. The fourth-order valence-corrected chi connectivity index (χ4v) is 1.73. The van der Waals surface area contributed by atoms with Crippen molar-refractivity contribution in [1.82, 2.24) is 4.90 Å². The van der Waals surface area contributed by atoms with Crippen LogP contribution in [0.1, 0.15) is 5.56 Å². The minimum atomic E-state index is -1.50. The second-order valence-corrected chi connectivity index (χ2v) is 3.95. The first-order valence-electron chi connectivity index (χ1n) is 5.34. The van der Waals surface area contributed by atoms with E-state index in [0.717, 1.165) is 12.1 Å². The minimum absolute atomic E-state index is 0. The smallest absolute Gasteiger partial charge is 0.192 e. The van der Waals surface area contributed by atoms with Crippen molar-refractivity contribution in [2.24, 2.45) is 0 Å².